The predicted molar refractivity (Wildman–Crippen MR) is 104 cm³/mol. The summed E-state index contributed by atoms with van der Waals surface area (Å²) in [7, 11) is 2.21. The number of methoxy groups -OCH3 is 2. The third-order valence-corrected chi connectivity index (χ3v) is 4.66. The Balaban J connectivity index is 6.18. The third-order valence-electron chi connectivity index (χ3n) is 4.66. The van der Waals surface area contributed by atoms with Crippen LogP contribution in [0.1, 0.15) is 20.3 Å². The van der Waals surface area contributed by atoms with Gasteiger partial charge in [0.2, 0.25) is 0 Å². The summed E-state index contributed by atoms with van der Waals surface area (Å²) in [6.45, 7) is 2.38. The van der Waals surface area contributed by atoms with Gasteiger partial charge in [0.15, 0.2) is 0 Å². The lowest BCUT2D eigenvalue weighted by Gasteiger charge is -2.29. The average molecular weight is 422 g/mol. The van der Waals surface area contributed by atoms with Gasteiger partial charge in [-0.25, -0.2) is 4.79 Å². The van der Waals surface area contributed by atoms with Crippen molar-refractivity contribution in [1.82, 2.24) is 0 Å². The molecule has 0 bridgehead atoms. The Kier molecular flexibility index (Phi) is 12.4. The summed E-state index contributed by atoms with van der Waals surface area (Å²) < 4.78 is 9.21. The molecule has 0 aromatic carbocycles. The number of carbonyl (C=O) groups is 7. The zero-order valence-corrected chi connectivity index (χ0v) is 17.3. The first-order valence-corrected chi connectivity index (χ1v) is 9.05. The van der Waals surface area contributed by atoms with Crippen LogP contribution in [0.5, 0.6) is 0 Å². The van der Waals surface area contributed by atoms with E-state index in [0.717, 1.165) is 39.4 Å². The number of hydrogen-bond acceptors (Lipinski definition) is 9. The zero-order valence-electron chi connectivity index (χ0n) is 17.3. The summed E-state index contributed by atoms with van der Waals surface area (Å²) in [6.07, 6.45) is 5.38. The quantitative estimate of drug-likeness (QED) is 0.225. The van der Waals surface area contributed by atoms with Gasteiger partial charge < -0.3 is 19.1 Å². The monoisotopic (exact) mass is 422 g/mol. The van der Waals surface area contributed by atoms with E-state index < -0.39 is 53.1 Å². The standard InChI is InChI=1S/C21H26O9/c1-13(25)17(6-5-9-22)16(12-24)10-18(21(28)30-4)20(14(2)26)15(11-23)7-8-19(27)29-3/h5-9,11-12,15-18,20H,10H2,1-4H3. The third kappa shape index (κ3) is 8.02. The van der Waals surface area contributed by atoms with E-state index >= 15 is 0 Å². The van der Waals surface area contributed by atoms with Crippen LogP contribution in [-0.2, 0) is 43.0 Å². The van der Waals surface area contributed by atoms with Crippen LogP contribution in [0.25, 0.3) is 0 Å². The van der Waals surface area contributed by atoms with Gasteiger partial charge in [-0.3, -0.25) is 19.2 Å². The fraction of sp³-hybridized carbons (Fsp3) is 0.476. The van der Waals surface area contributed by atoms with Crippen molar-refractivity contribution in [2.45, 2.75) is 20.3 Å². The molecule has 0 N–H and O–H groups in total. The predicted octanol–water partition coefficient (Wildman–Crippen LogP) is 0.691. The number of Topliss-reactive ketones (excluding diaryl/α,β-unsaturated/α-hetero) is 2. The van der Waals surface area contributed by atoms with Crippen molar-refractivity contribution in [3.05, 3.63) is 24.3 Å². The number of rotatable bonds is 14. The Hall–Kier alpha value is -3.23. The molecule has 0 aromatic heterocycles. The summed E-state index contributed by atoms with van der Waals surface area (Å²) in [5, 5.41) is 0. The molecule has 9 heteroatoms. The Morgan fingerprint density at radius 1 is 0.867 bits per heavy atom. The molecule has 0 saturated heterocycles. The van der Waals surface area contributed by atoms with Crippen LogP contribution < -0.4 is 0 Å². The lowest BCUT2D eigenvalue weighted by Crippen LogP contribution is -2.38. The van der Waals surface area contributed by atoms with E-state index in [-0.39, 0.29) is 6.42 Å². The van der Waals surface area contributed by atoms with Crippen molar-refractivity contribution >= 4 is 42.4 Å². The fourth-order valence-corrected chi connectivity index (χ4v) is 3.20. The van der Waals surface area contributed by atoms with E-state index in [4.69, 9.17) is 4.74 Å². The van der Waals surface area contributed by atoms with Gasteiger partial charge in [0.25, 0.3) is 0 Å². The van der Waals surface area contributed by atoms with Gasteiger partial charge in [-0.15, -0.1) is 0 Å². The summed E-state index contributed by atoms with van der Waals surface area (Å²) in [5.41, 5.74) is 0. The summed E-state index contributed by atoms with van der Waals surface area (Å²) in [6, 6.07) is 0. The Labute approximate surface area is 174 Å². The fourth-order valence-electron chi connectivity index (χ4n) is 3.20. The normalized spacial score (nSPS) is 16.1. The maximum Gasteiger partial charge on any atom is 0.330 e. The van der Waals surface area contributed by atoms with Gasteiger partial charge in [-0.05, 0) is 26.3 Å². The van der Waals surface area contributed by atoms with Crippen LogP contribution in [0.15, 0.2) is 24.3 Å². The molecule has 0 radical (unpaired) electrons. The van der Waals surface area contributed by atoms with Crippen LogP contribution in [0.4, 0.5) is 0 Å². The van der Waals surface area contributed by atoms with Crippen LogP contribution >= 0.6 is 0 Å². The summed E-state index contributed by atoms with van der Waals surface area (Å²) in [5.74, 6) is -8.35. The van der Waals surface area contributed by atoms with Crippen LogP contribution in [0.3, 0.4) is 0 Å². The second kappa shape index (κ2) is 13.9. The molecule has 164 valence electrons. The molecule has 0 aliphatic rings. The number of aldehydes is 3. The smallest absolute Gasteiger partial charge is 0.330 e. The van der Waals surface area contributed by atoms with Crippen molar-refractivity contribution in [2.24, 2.45) is 29.6 Å². The van der Waals surface area contributed by atoms with Gasteiger partial charge >= 0.3 is 11.9 Å². The maximum atomic E-state index is 12.4. The average Bonchev–Trinajstić information content (AvgIpc) is 2.72. The van der Waals surface area contributed by atoms with Gasteiger partial charge in [0.1, 0.15) is 30.4 Å². The van der Waals surface area contributed by atoms with E-state index in [1.165, 1.54) is 13.0 Å². The molecule has 0 heterocycles. The molecule has 5 unspecified atom stereocenters. The van der Waals surface area contributed by atoms with E-state index in [1.54, 1.807) is 0 Å². The molecular formula is C21H26O9. The van der Waals surface area contributed by atoms with Crippen molar-refractivity contribution in [3.8, 4) is 0 Å². The molecule has 0 spiro atoms. The minimum atomic E-state index is -1.26. The molecule has 0 amide bonds. The minimum absolute atomic E-state index is 0.287. The number of allylic oxidation sites excluding steroid dienone is 3. The zero-order chi connectivity index (χ0) is 23.3. The van der Waals surface area contributed by atoms with Crippen LogP contribution in [-0.4, -0.2) is 56.6 Å². The Morgan fingerprint density at radius 3 is 1.90 bits per heavy atom. The maximum absolute atomic E-state index is 12.4. The summed E-state index contributed by atoms with van der Waals surface area (Å²) in [4.78, 5) is 82.0. The SMILES string of the molecule is COC(=O)C=CC(C=O)C(C(C)=O)C(CC(C=O)C(C=CC=O)C(C)=O)C(=O)OC. The first kappa shape index (κ1) is 26.8. The molecule has 0 aliphatic carbocycles. The van der Waals surface area contributed by atoms with Gasteiger partial charge in [-0.1, -0.05) is 12.2 Å². The van der Waals surface area contributed by atoms with E-state index in [2.05, 4.69) is 4.74 Å². The number of hydrogen-bond donors (Lipinski definition) is 0. The van der Waals surface area contributed by atoms with E-state index in [9.17, 15) is 33.6 Å². The second-order valence-corrected chi connectivity index (χ2v) is 6.55. The molecule has 0 aliphatic heterocycles. The number of ether oxygens (including phenoxy) is 2. The highest BCUT2D eigenvalue weighted by Gasteiger charge is 2.40. The van der Waals surface area contributed by atoms with Gasteiger partial charge in [-0.2, -0.15) is 0 Å². The molecule has 0 rings (SSSR count). The number of ketones is 2. The molecule has 30 heavy (non-hydrogen) atoms. The number of carbonyl (C=O) groups excluding carboxylic acids is 7. The van der Waals surface area contributed by atoms with Crippen molar-refractivity contribution in [2.75, 3.05) is 14.2 Å². The molecule has 0 fully saturated rings. The highest BCUT2D eigenvalue weighted by atomic mass is 16.5. The molecule has 0 saturated carbocycles. The van der Waals surface area contributed by atoms with Gasteiger partial charge in [0, 0.05) is 29.7 Å². The highest BCUT2D eigenvalue weighted by Crippen LogP contribution is 2.32. The highest BCUT2D eigenvalue weighted by molar-refractivity contribution is 5.90. The number of esters is 2. The summed E-state index contributed by atoms with van der Waals surface area (Å²) >= 11 is 0. The molecule has 9 nitrogen and oxygen atoms in total. The first-order chi connectivity index (χ1) is 14.2. The topological polar surface area (TPSA) is 138 Å². The molecular weight excluding hydrogens is 396 g/mol. The lowest BCUT2D eigenvalue weighted by atomic mass is 9.73. The van der Waals surface area contributed by atoms with E-state index in [0.29, 0.717) is 18.9 Å². The van der Waals surface area contributed by atoms with Crippen molar-refractivity contribution < 1.29 is 43.0 Å². The van der Waals surface area contributed by atoms with E-state index in [1.807, 2.05) is 0 Å². The van der Waals surface area contributed by atoms with Crippen LogP contribution in [0.2, 0.25) is 0 Å². The minimum Gasteiger partial charge on any atom is -0.469 e. The Morgan fingerprint density at radius 2 is 1.50 bits per heavy atom. The molecule has 5 atom stereocenters. The van der Waals surface area contributed by atoms with Crippen LogP contribution in [0, 0.1) is 29.6 Å². The largest absolute Gasteiger partial charge is 0.469 e. The van der Waals surface area contributed by atoms with Gasteiger partial charge in [0.05, 0.1) is 20.1 Å². The van der Waals surface area contributed by atoms with Crippen molar-refractivity contribution in [3.63, 3.8) is 0 Å². The Bertz CT molecular complexity index is 720. The lowest BCUT2D eigenvalue weighted by molar-refractivity contribution is -0.152. The molecule has 0 aromatic rings. The van der Waals surface area contributed by atoms with Crippen molar-refractivity contribution in [1.29, 1.82) is 0 Å². The second-order valence-electron chi connectivity index (χ2n) is 6.55. The first-order valence-electron chi connectivity index (χ1n) is 9.05.